The van der Waals surface area contributed by atoms with E-state index in [-0.39, 0.29) is 0 Å². The van der Waals surface area contributed by atoms with Crippen molar-refractivity contribution in [1.82, 2.24) is 19.7 Å². The van der Waals surface area contributed by atoms with E-state index >= 15 is 0 Å². The molecule has 0 bridgehead atoms. The number of aromatic nitrogens is 4. The number of nitrogens with two attached hydrogens (primary N) is 1. The van der Waals surface area contributed by atoms with E-state index in [4.69, 9.17) is 22.1 Å². The summed E-state index contributed by atoms with van der Waals surface area (Å²) in [6, 6.07) is 5.33. The molecular weight excluding hydrogens is 368 g/mol. The number of benzene rings is 1. The van der Waals surface area contributed by atoms with Crippen LogP contribution in [0.4, 0.5) is 11.6 Å². The van der Waals surface area contributed by atoms with Gasteiger partial charge in [0.1, 0.15) is 5.75 Å². The molecule has 4 rings (SSSR count). The molecule has 138 valence electrons. The number of halogens is 1. The Balaban J connectivity index is 1.73. The van der Waals surface area contributed by atoms with Crippen LogP contribution >= 0.6 is 11.6 Å². The Morgan fingerprint density at radius 1 is 1.37 bits per heavy atom. The number of carbonyl (C=O) groups excluding carboxylic acids is 1. The van der Waals surface area contributed by atoms with Gasteiger partial charge in [0.2, 0.25) is 5.95 Å². The zero-order valence-electron chi connectivity index (χ0n) is 14.8. The lowest BCUT2D eigenvalue weighted by atomic mass is 9.93. The maximum atomic E-state index is 11.7. The van der Waals surface area contributed by atoms with Crippen molar-refractivity contribution in [3.8, 4) is 17.1 Å². The third-order valence-electron chi connectivity index (χ3n) is 4.52. The highest BCUT2D eigenvalue weighted by molar-refractivity contribution is 6.32. The average molecular weight is 385 g/mol. The van der Waals surface area contributed by atoms with Crippen LogP contribution in [-0.2, 0) is 19.9 Å². The molecule has 27 heavy (non-hydrogen) atoms. The van der Waals surface area contributed by atoms with E-state index in [1.165, 1.54) is 0 Å². The van der Waals surface area contributed by atoms with Crippen LogP contribution < -0.4 is 15.8 Å². The molecule has 1 aliphatic rings. The van der Waals surface area contributed by atoms with Crippen molar-refractivity contribution in [2.45, 2.75) is 12.8 Å². The van der Waals surface area contributed by atoms with E-state index in [0.717, 1.165) is 34.6 Å². The molecule has 3 aromatic rings. The first-order valence-electron chi connectivity index (χ1n) is 8.30. The minimum absolute atomic E-state index is 0.299. The summed E-state index contributed by atoms with van der Waals surface area (Å²) in [6.45, 7) is 0. The van der Waals surface area contributed by atoms with E-state index in [1.54, 1.807) is 37.2 Å². The number of fused-ring (bicyclic) bond motifs is 3. The summed E-state index contributed by atoms with van der Waals surface area (Å²) in [5.41, 5.74) is 9.86. The Bertz CT molecular complexity index is 1060. The van der Waals surface area contributed by atoms with E-state index in [0.29, 0.717) is 28.8 Å². The molecule has 0 atom stereocenters. The Morgan fingerprint density at radius 3 is 2.89 bits per heavy atom. The SMILES string of the molecule is COc1ccc(Nc2ncc3c(n2)-c2c(c(C(N)=O)nn2C)CC3)cc1Cl. The summed E-state index contributed by atoms with van der Waals surface area (Å²) >= 11 is 6.17. The second kappa shape index (κ2) is 6.55. The fraction of sp³-hybridized carbons (Fsp3) is 0.222. The van der Waals surface area contributed by atoms with E-state index in [1.807, 2.05) is 6.07 Å². The molecule has 1 amide bonds. The number of anilines is 2. The van der Waals surface area contributed by atoms with Crippen molar-refractivity contribution < 1.29 is 9.53 Å². The normalized spacial score (nSPS) is 12.3. The third-order valence-corrected chi connectivity index (χ3v) is 4.82. The summed E-state index contributed by atoms with van der Waals surface area (Å²) in [4.78, 5) is 20.7. The highest BCUT2D eigenvalue weighted by Gasteiger charge is 2.27. The van der Waals surface area contributed by atoms with Gasteiger partial charge in [-0.1, -0.05) is 11.6 Å². The van der Waals surface area contributed by atoms with Crippen LogP contribution in [0.5, 0.6) is 5.75 Å². The molecule has 0 saturated heterocycles. The third kappa shape index (κ3) is 2.97. The van der Waals surface area contributed by atoms with E-state index in [9.17, 15) is 4.79 Å². The quantitative estimate of drug-likeness (QED) is 0.715. The van der Waals surface area contributed by atoms with Gasteiger partial charge < -0.3 is 15.8 Å². The monoisotopic (exact) mass is 384 g/mol. The zero-order valence-corrected chi connectivity index (χ0v) is 15.5. The molecule has 0 radical (unpaired) electrons. The Kier molecular flexibility index (Phi) is 4.19. The Hall–Kier alpha value is -3.13. The van der Waals surface area contributed by atoms with Crippen molar-refractivity contribution in [3.63, 3.8) is 0 Å². The minimum Gasteiger partial charge on any atom is -0.495 e. The molecule has 1 aromatic carbocycles. The van der Waals surface area contributed by atoms with E-state index in [2.05, 4.69) is 20.4 Å². The van der Waals surface area contributed by atoms with Gasteiger partial charge in [-0.15, -0.1) is 0 Å². The first kappa shape index (κ1) is 17.3. The molecule has 2 heterocycles. The predicted octanol–water partition coefficient (Wildman–Crippen LogP) is 2.48. The molecule has 1 aliphatic carbocycles. The molecule has 2 aromatic heterocycles. The fourth-order valence-electron chi connectivity index (χ4n) is 3.29. The van der Waals surface area contributed by atoms with Gasteiger partial charge >= 0.3 is 0 Å². The molecule has 8 nitrogen and oxygen atoms in total. The number of ether oxygens (including phenoxy) is 1. The molecule has 0 fully saturated rings. The van der Waals surface area contributed by atoms with Crippen molar-refractivity contribution in [1.29, 1.82) is 0 Å². The van der Waals surface area contributed by atoms with Crippen LogP contribution in [0.2, 0.25) is 5.02 Å². The van der Waals surface area contributed by atoms with Crippen LogP contribution in [-0.4, -0.2) is 32.8 Å². The Morgan fingerprint density at radius 2 is 2.19 bits per heavy atom. The molecule has 0 spiro atoms. The summed E-state index contributed by atoms with van der Waals surface area (Å²) in [6.07, 6.45) is 3.19. The smallest absolute Gasteiger partial charge is 0.269 e. The van der Waals surface area contributed by atoms with Crippen LogP contribution in [0, 0.1) is 0 Å². The first-order valence-corrected chi connectivity index (χ1v) is 8.68. The number of hydrogen-bond donors (Lipinski definition) is 2. The summed E-state index contributed by atoms with van der Waals surface area (Å²) < 4.78 is 6.81. The van der Waals surface area contributed by atoms with Crippen molar-refractivity contribution in [2.24, 2.45) is 12.8 Å². The zero-order chi connectivity index (χ0) is 19.1. The number of amides is 1. The highest BCUT2D eigenvalue weighted by atomic mass is 35.5. The van der Waals surface area contributed by atoms with Gasteiger partial charge in [0.25, 0.3) is 5.91 Å². The second-order valence-corrected chi connectivity index (χ2v) is 6.61. The standard InChI is InChI=1S/C18H17ClN6O2/c1-25-16-11(15(24-25)17(20)26)5-3-9-8-21-18(23-14(9)16)22-10-4-6-13(27-2)12(19)7-10/h4,6-8H,3,5H2,1-2H3,(H2,20,26)(H,21,22,23). The minimum atomic E-state index is -0.532. The molecule has 0 unspecified atom stereocenters. The lowest BCUT2D eigenvalue weighted by Crippen LogP contribution is -2.16. The van der Waals surface area contributed by atoms with Crippen molar-refractivity contribution in [2.75, 3.05) is 12.4 Å². The van der Waals surface area contributed by atoms with Crippen molar-refractivity contribution in [3.05, 3.63) is 46.2 Å². The first-order chi connectivity index (χ1) is 13.0. The maximum absolute atomic E-state index is 11.7. The van der Waals surface area contributed by atoms with Gasteiger partial charge in [-0.3, -0.25) is 9.48 Å². The Labute approximate surface area is 160 Å². The fourth-order valence-corrected chi connectivity index (χ4v) is 3.54. The van der Waals surface area contributed by atoms with E-state index < -0.39 is 5.91 Å². The molecule has 3 N–H and O–H groups in total. The van der Waals surface area contributed by atoms with Crippen molar-refractivity contribution >= 4 is 29.1 Å². The number of hydrogen-bond acceptors (Lipinski definition) is 6. The van der Waals surface area contributed by atoms with Gasteiger partial charge in [0, 0.05) is 24.5 Å². The van der Waals surface area contributed by atoms with Gasteiger partial charge in [-0.25, -0.2) is 9.97 Å². The number of nitrogens with one attached hydrogen (secondary N) is 1. The maximum Gasteiger partial charge on any atom is 0.269 e. The number of aryl methyl sites for hydroxylation is 2. The molecule has 0 aliphatic heterocycles. The molecule has 0 saturated carbocycles. The lowest BCUT2D eigenvalue weighted by molar-refractivity contribution is 0.0994. The molecule has 9 heteroatoms. The number of rotatable bonds is 4. The van der Waals surface area contributed by atoms with Crippen LogP contribution in [0.15, 0.2) is 24.4 Å². The topological polar surface area (TPSA) is 108 Å². The lowest BCUT2D eigenvalue weighted by Gasteiger charge is -2.17. The summed E-state index contributed by atoms with van der Waals surface area (Å²) in [7, 11) is 3.34. The number of carbonyl (C=O) groups is 1. The average Bonchev–Trinajstić information content (AvgIpc) is 2.99. The predicted molar refractivity (Wildman–Crippen MR) is 101 cm³/mol. The van der Waals surface area contributed by atoms with Gasteiger partial charge in [0.05, 0.1) is 23.5 Å². The number of nitrogens with zero attached hydrogens (tertiary/aromatic N) is 4. The second-order valence-electron chi connectivity index (χ2n) is 6.21. The molecular formula is C18H17ClN6O2. The highest BCUT2D eigenvalue weighted by Crippen LogP contribution is 2.34. The largest absolute Gasteiger partial charge is 0.495 e. The van der Waals surface area contributed by atoms with Crippen LogP contribution in [0.3, 0.4) is 0 Å². The summed E-state index contributed by atoms with van der Waals surface area (Å²) in [5.74, 6) is 0.479. The summed E-state index contributed by atoms with van der Waals surface area (Å²) in [5, 5.41) is 7.89. The number of primary amides is 1. The van der Waals surface area contributed by atoms with Gasteiger partial charge in [0.15, 0.2) is 5.69 Å². The van der Waals surface area contributed by atoms with Crippen LogP contribution in [0.25, 0.3) is 11.4 Å². The van der Waals surface area contributed by atoms with Crippen LogP contribution in [0.1, 0.15) is 21.6 Å². The van der Waals surface area contributed by atoms with Gasteiger partial charge in [-0.2, -0.15) is 5.10 Å². The number of methoxy groups -OCH3 is 1. The van der Waals surface area contributed by atoms with Gasteiger partial charge in [-0.05, 0) is 36.6 Å².